The fraction of sp³-hybridized carbons (Fsp3) is 0.857. The molecule has 0 aliphatic rings. The average molecular weight is 225 g/mol. The van der Waals surface area contributed by atoms with Gasteiger partial charge in [0.05, 0.1) is 6.54 Å². The maximum atomic E-state index is 10.4. The standard InChI is InChI=1S/C14H27NO/c1-7-15(8-2)11-9-10-14(16,12(3)4)13(5)6/h12-13,16H,7-8,11H2,1-6H3. The van der Waals surface area contributed by atoms with E-state index >= 15 is 0 Å². The molecule has 0 aromatic heterocycles. The molecular weight excluding hydrogens is 198 g/mol. The van der Waals surface area contributed by atoms with E-state index in [2.05, 4.69) is 30.6 Å². The molecule has 0 bridgehead atoms. The van der Waals surface area contributed by atoms with Crippen molar-refractivity contribution in [3.05, 3.63) is 0 Å². The van der Waals surface area contributed by atoms with E-state index in [1.54, 1.807) is 0 Å². The summed E-state index contributed by atoms with van der Waals surface area (Å²) in [6.45, 7) is 15.1. The van der Waals surface area contributed by atoms with Gasteiger partial charge in [-0.2, -0.15) is 0 Å². The molecule has 0 saturated heterocycles. The van der Waals surface area contributed by atoms with Crippen LogP contribution >= 0.6 is 0 Å². The van der Waals surface area contributed by atoms with Crippen LogP contribution < -0.4 is 0 Å². The zero-order valence-corrected chi connectivity index (χ0v) is 11.7. The second-order valence-electron chi connectivity index (χ2n) is 4.90. The molecular formula is C14H27NO. The van der Waals surface area contributed by atoms with Crippen molar-refractivity contribution in [2.45, 2.75) is 47.1 Å². The van der Waals surface area contributed by atoms with Crippen LogP contribution in [0.2, 0.25) is 0 Å². The Kier molecular flexibility index (Phi) is 6.71. The van der Waals surface area contributed by atoms with E-state index in [-0.39, 0.29) is 11.8 Å². The van der Waals surface area contributed by atoms with E-state index in [9.17, 15) is 5.11 Å². The Morgan fingerprint density at radius 3 is 1.81 bits per heavy atom. The molecule has 0 amide bonds. The zero-order chi connectivity index (χ0) is 12.8. The van der Waals surface area contributed by atoms with Crippen LogP contribution in [0.3, 0.4) is 0 Å². The Morgan fingerprint density at radius 2 is 1.50 bits per heavy atom. The first kappa shape index (κ1) is 15.5. The smallest absolute Gasteiger partial charge is 0.130 e. The summed E-state index contributed by atoms with van der Waals surface area (Å²) in [4.78, 5) is 2.24. The van der Waals surface area contributed by atoms with Crippen molar-refractivity contribution in [2.24, 2.45) is 11.8 Å². The molecule has 2 heteroatoms. The van der Waals surface area contributed by atoms with Crippen LogP contribution in [0.5, 0.6) is 0 Å². The van der Waals surface area contributed by atoms with Gasteiger partial charge in [-0.15, -0.1) is 0 Å². The van der Waals surface area contributed by atoms with Crippen molar-refractivity contribution in [3.8, 4) is 11.8 Å². The molecule has 0 spiro atoms. The van der Waals surface area contributed by atoms with Gasteiger partial charge in [0.2, 0.25) is 0 Å². The lowest BCUT2D eigenvalue weighted by Gasteiger charge is -2.30. The number of hydrogen-bond acceptors (Lipinski definition) is 2. The van der Waals surface area contributed by atoms with E-state index in [1.807, 2.05) is 27.7 Å². The van der Waals surface area contributed by atoms with E-state index in [0.717, 1.165) is 19.6 Å². The monoisotopic (exact) mass is 225 g/mol. The Morgan fingerprint density at radius 1 is 1.06 bits per heavy atom. The van der Waals surface area contributed by atoms with E-state index in [4.69, 9.17) is 0 Å². The van der Waals surface area contributed by atoms with Crippen molar-refractivity contribution in [1.82, 2.24) is 4.90 Å². The molecule has 0 unspecified atom stereocenters. The van der Waals surface area contributed by atoms with Crippen molar-refractivity contribution < 1.29 is 5.11 Å². The van der Waals surface area contributed by atoms with Crippen LogP contribution in [0.25, 0.3) is 0 Å². The van der Waals surface area contributed by atoms with E-state index in [1.165, 1.54) is 0 Å². The summed E-state index contributed by atoms with van der Waals surface area (Å²) in [5, 5.41) is 10.4. The molecule has 0 aromatic carbocycles. The summed E-state index contributed by atoms with van der Waals surface area (Å²) in [6, 6.07) is 0. The van der Waals surface area contributed by atoms with Gasteiger partial charge in [0, 0.05) is 0 Å². The molecule has 0 rings (SSSR count). The van der Waals surface area contributed by atoms with Gasteiger partial charge in [0.25, 0.3) is 0 Å². The lowest BCUT2D eigenvalue weighted by molar-refractivity contribution is 0.00917. The SMILES string of the molecule is CCN(CC)CC#CC(O)(C(C)C)C(C)C. The maximum absolute atomic E-state index is 10.4. The Balaban J connectivity index is 4.59. The summed E-state index contributed by atoms with van der Waals surface area (Å²) in [7, 11) is 0. The van der Waals surface area contributed by atoms with E-state index < -0.39 is 5.60 Å². The second kappa shape index (κ2) is 6.93. The van der Waals surface area contributed by atoms with Crippen LogP contribution in [0, 0.1) is 23.7 Å². The quantitative estimate of drug-likeness (QED) is 0.726. The molecule has 0 saturated carbocycles. The molecule has 0 fully saturated rings. The molecule has 16 heavy (non-hydrogen) atoms. The third-order valence-electron chi connectivity index (χ3n) is 3.25. The van der Waals surface area contributed by atoms with Crippen LogP contribution in [-0.2, 0) is 0 Å². The molecule has 0 atom stereocenters. The maximum Gasteiger partial charge on any atom is 0.130 e. The molecule has 1 N–H and O–H groups in total. The van der Waals surface area contributed by atoms with Gasteiger partial charge in [0.15, 0.2) is 0 Å². The molecule has 2 nitrogen and oxygen atoms in total. The molecule has 0 aliphatic carbocycles. The van der Waals surface area contributed by atoms with Gasteiger partial charge >= 0.3 is 0 Å². The summed E-state index contributed by atoms with van der Waals surface area (Å²) >= 11 is 0. The molecule has 0 heterocycles. The highest BCUT2D eigenvalue weighted by Crippen LogP contribution is 2.24. The van der Waals surface area contributed by atoms with Gasteiger partial charge in [-0.1, -0.05) is 53.4 Å². The predicted octanol–water partition coefficient (Wildman–Crippen LogP) is 2.37. The minimum Gasteiger partial charge on any atom is -0.377 e. The number of nitrogens with zero attached hydrogens (tertiary/aromatic N) is 1. The Bertz CT molecular complexity index is 235. The molecule has 0 radical (unpaired) electrons. The first-order valence-corrected chi connectivity index (χ1v) is 6.33. The zero-order valence-electron chi connectivity index (χ0n) is 11.7. The van der Waals surface area contributed by atoms with Crippen LogP contribution in [-0.4, -0.2) is 35.2 Å². The van der Waals surface area contributed by atoms with E-state index in [0.29, 0.717) is 0 Å². The number of aliphatic hydroxyl groups is 1. The lowest BCUT2D eigenvalue weighted by Crippen LogP contribution is -2.39. The largest absolute Gasteiger partial charge is 0.377 e. The fourth-order valence-electron chi connectivity index (χ4n) is 1.70. The topological polar surface area (TPSA) is 23.5 Å². The molecule has 94 valence electrons. The molecule has 0 aliphatic heterocycles. The third kappa shape index (κ3) is 4.15. The normalized spacial score (nSPS) is 12.1. The van der Waals surface area contributed by atoms with Gasteiger partial charge in [-0.05, 0) is 24.9 Å². The second-order valence-corrected chi connectivity index (χ2v) is 4.90. The highest BCUT2D eigenvalue weighted by atomic mass is 16.3. The fourth-order valence-corrected chi connectivity index (χ4v) is 1.70. The lowest BCUT2D eigenvalue weighted by atomic mass is 9.81. The number of hydrogen-bond donors (Lipinski definition) is 1. The van der Waals surface area contributed by atoms with Crippen molar-refractivity contribution >= 4 is 0 Å². The highest BCUT2D eigenvalue weighted by Gasteiger charge is 2.32. The summed E-state index contributed by atoms with van der Waals surface area (Å²) in [6.07, 6.45) is 0. The Labute approximate surface area is 101 Å². The van der Waals surface area contributed by atoms with Gasteiger partial charge < -0.3 is 5.11 Å². The van der Waals surface area contributed by atoms with Crippen molar-refractivity contribution in [3.63, 3.8) is 0 Å². The van der Waals surface area contributed by atoms with Crippen LogP contribution in [0.1, 0.15) is 41.5 Å². The molecule has 0 aromatic rings. The average Bonchev–Trinajstić information content (AvgIpc) is 2.23. The summed E-state index contributed by atoms with van der Waals surface area (Å²) in [5.41, 5.74) is -0.854. The third-order valence-corrected chi connectivity index (χ3v) is 3.25. The summed E-state index contributed by atoms with van der Waals surface area (Å²) in [5.74, 6) is 6.50. The van der Waals surface area contributed by atoms with Crippen LogP contribution in [0.4, 0.5) is 0 Å². The summed E-state index contributed by atoms with van der Waals surface area (Å²) < 4.78 is 0. The minimum atomic E-state index is -0.854. The Hall–Kier alpha value is -0.520. The highest BCUT2D eigenvalue weighted by molar-refractivity contribution is 5.17. The van der Waals surface area contributed by atoms with Crippen molar-refractivity contribution in [2.75, 3.05) is 19.6 Å². The predicted molar refractivity (Wildman–Crippen MR) is 70.2 cm³/mol. The van der Waals surface area contributed by atoms with Gasteiger partial charge in [-0.25, -0.2) is 0 Å². The van der Waals surface area contributed by atoms with Gasteiger partial charge in [0.1, 0.15) is 5.60 Å². The van der Waals surface area contributed by atoms with Crippen molar-refractivity contribution in [1.29, 1.82) is 0 Å². The number of rotatable bonds is 5. The minimum absolute atomic E-state index is 0.164. The van der Waals surface area contributed by atoms with Gasteiger partial charge in [-0.3, -0.25) is 4.90 Å². The first-order valence-electron chi connectivity index (χ1n) is 6.33. The van der Waals surface area contributed by atoms with Crippen LogP contribution in [0.15, 0.2) is 0 Å². The first-order chi connectivity index (χ1) is 7.38.